The number of esters is 1. The largest absolute Gasteiger partial charge is 0.493 e. The van der Waals surface area contributed by atoms with Crippen molar-refractivity contribution in [3.05, 3.63) is 52.0 Å². The van der Waals surface area contributed by atoms with E-state index in [0.29, 0.717) is 27.2 Å². The predicted molar refractivity (Wildman–Crippen MR) is 109 cm³/mol. The maximum atomic E-state index is 12.4. The zero-order valence-electron chi connectivity index (χ0n) is 15.9. The van der Waals surface area contributed by atoms with Gasteiger partial charge in [0, 0.05) is 15.7 Å². The molecule has 0 aliphatic heterocycles. The Morgan fingerprint density at radius 1 is 0.964 bits per heavy atom. The van der Waals surface area contributed by atoms with E-state index in [-0.39, 0.29) is 11.7 Å². The van der Waals surface area contributed by atoms with Gasteiger partial charge in [-0.2, -0.15) is 0 Å². The van der Waals surface area contributed by atoms with Crippen molar-refractivity contribution >= 4 is 40.8 Å². The number of hydrogen-bond acceptors (Lipinski definition) is 5. The number of carbonyl (C=O) groups excluding carboxylic acids is 2. The Morgan fingerprint density at radius 2 is 1.61 bits per heavy atom. The molecule has 2 aromatic carbocycles. The van der Waals surface area contributed by atoms with Crippen molar-refractivity contribution < 1.29 is 23.8 Å². The number of benzene rings is 2. The predicted octanol–water partition coefficient (Wildman–Crippen LogP) is 4.97. The summed E-state index contributed by atoms with van der Waals surface area (Å²) in [6, 6.07) is 9.29. The standard InChI is InChI=1S/C20H21Cl2NO5/c1-11(2)27-17-6-5-13(7-18(17)26-4)20(25)28-12(3)19(24)23-16-9-14(21)8-15(22)10-16/h5-12H,1-4H3,(H,23,24). The molecule has 0 heterocycles. The van der Waals surface area contributed by atoms with Crippen molar-refractivity contribution in [1.29, 1.82) is 0 Å². The van der Waals surface area contributed by atoms with E-state index < -0.39 is 18.0 Å². The molecule has 150 valence electrons. The van der Waals surface area contributed by atoms with Crippen molar-refractivity contribution in [2.45, 2.75) is 33.0 Å². The van der Waals surface area contributed by atoms with Crippen LogP contribution in [0.25, 0.3) is 0 Å². The number of methoxy groups -OCH3 is 1. The van der Waals surface area contributed by atoms with Crippen LogP contribution in [0.15, 0.2) is 36.4 Å². The molecule has 1 amide bonds. The minimum Gasteiger partial charge on any atom is -0.493 e. The average molecular weight is 426 g/mol. The minimum absolute atomic E-state index is 0.0459. The molecule has 28 heavy (non-hydrogen) atoms. The normalized spacial score (nSPS) is 11.7. The van der Waals surface area contributed by atoms with Crippen LogP contribution in [0, 0.1) is 0 Å². The molecule has 0 aromatic heterocycles. The van der Waals surface area contributed by atoms with Gasteiger partial charge in [0.2, 0.25) is 0 Å². The van der Waals surface area contributed by atoms with E-state index in [9.17, 15) is 9.59 Å². The highest BCUT2D eigenvalue weighted by Crippen LogP contribution is 2.29. The molecule has 0 saturated carbocycles. The van der Waals surface area contributed by atoms with Crippen LogP contribution in [0.5, 0.6) is 11.5 Å². The van der Waals surface area contributed by atoms with Crippen LogP contribution in [0.1, 0.15) is 31.1 Å². The fraction of sp³-hybridized carbons (Fsp3) is 0.300. The monoisotopic (exact) mass is 425 g/mol. The Balaban J connectivity index is 2.05. The Kier molecular flexibility index (Phi) is 7.54. The van der Waals surface area contributed by atoms with E-state index >= 15 is 0 Å². The van der Waals surface area contributed by atoms with Crippen molar-refractivity contribution in [2.24, 2.45) is 0 Å². The lowest BCUT2D eigenvalue weighted by Gasteiger charge is -2.16. The van der Waals surface area contributed by atoms with E-state index in [0.717, 1.165) is 0 Å². The van der Waals surface area contributed by atoms with Gasteiger partial charge in [0.05, 0.1) is 18.8 Å². The zero-order chi connectivity index (χ0) is 20.8. The van der Waals surface area contributed by atoms with Crippen molar-refractivity contribution in [3.63, 3.8) is 0 Å². The molecule has 0 bridgehead atoms. The first-order chi connectivity index (χ1) is 13.2. The van der Waals surface area contributed by atoms with Gasteiger partial charge >= 0.3 is 5.97 Å². The minimum atomic E-state index is -1.04. The van der Waals surface area contributed by atoms with Crippen LogP contribution < -0.4 is 14.8 Å². The third-order valence-corrected chi connectivity index (χ3v) is 3.98. The summed E-state index contributed by atoms with van der Waals surface area (Å²) < 4.78 is 16.1. The van der Waals surface area contributed by atoms with Crippen molar-refractivity contribution in [3.8, 4) is 11.5 Å². The first kappa shape index (κ1) is 21.9. The number of hydrogen-bond donors (Lipinski definition) is 1. The van der Waals surface area contributed by atoms with Gasteiger partial charge < -0.3 is 19.5 Å². The summed E-state index contributed by atoms with van der Waals surface area (Å²) in [6.45, 7) is 5.23. The number of nitrogens with one attached hydrogen (secondary N) is 1. The number of carbonyl (C=O) groups is 2. The van der Waals surface area contributed by atoms with E-state index in [1.807, 2.05) is 13.8 Å². The SMILES string of the molecule is COc1cc(C(=O)OC(C)C(=O)Nc2cc(Cl)cc(Cl)c2)ccc1OC(C)C. The second-order valence-electron chi connectivity index (χ2n) is 6.23. The Bertz CT molecular complexity index is 849. The van der Waals surface area contributed by atoms with Gasteiger partial charge in [-0.25, -0.2) is 4.79 Å². The first-order valence-corrected chi connectivity index (χ1v) is 9.27. The lowest BCUT2D eigenvalue weighted by atomic mass is 10.2. The number of ether oxygens (including phenoxy) is 3. The quantitative estimate of drug-likeness (QED) is 0.633. The molecule has 2 aromatic rings. The molecule has 0 fully saturated rings. The third kappa shape index (κ3) is 6.04. The van der Waals surface area contributed by atoms with Crippen LogP contribution in [0.2, 0.25) is 10.0 Å². The highest BCUT2D eigenvalue weighted by Gasteiger charge is 2.21. The second kappa shape index (κ2) is 9.66. The van der Waals surface area contributed by atoms with Crippen LogP contribution in [0.3, 0.4) is 0 Å². The van der Waals surface area contributed by atoms with Gasteiger partial charge in [-0.1, -0.05) is 23.2 Å². The topological polar surface area (TPSA) is 73.9 Å². The van der Waals surface area contributed by atoms with Gasteiger partial charge in [-0.15, -0.1) is 0 Å². The molecule has 0 saturated heterocycles. The fourth-order valence-electron chi connectivity index (χ4n) is 2.30. The molecule has 2 rings (SSSR count). The van der Waals surface area contributed by atoms with Gasteiger partial charge in [-0.3, -0.25) is 4.79 Å². The van der Waals surface area contributed by atoms with Crippen LogP contribution in [0.4, 0.5) is 5.69 Å². The maximum Gasteiger partial charge on any atom is 0.339 e. The smallest absolute Gasteiger partial charge is 0.339 e. The van der Waals surface area contributed by atoms with Gasteiger partial charge in [-0.05, 0) is 57.2 Å². The third-order valence-electron chi connectivity index (χ3n) is 3.55. The molecule has 0 aliphatic carbocycles. The number of anilines is 1. The molecule has 0 radical (unpaired) electrons. The summed E-state index contributed by atoms with van der Waals surface area (Å²) in [7, 11) is 1.48. The Labute approximate surface area is 173 Å². The van der Waals surface area contributed by atoms with Gasteiger partial charge in [0.1, 0.15) is 0 Å². The summed E-state index contributed by atoms with van der Waals surface area (Å²) in [6.07, 6.45) is -1.08. The Hall–Kier alpha value is -2.44. The first-order valence-electron chi connectivity index (χ1n) is 8.52. The summed E-state index contributed by atoms with van der Waals surface area (Å²) in [5.41, 5.74) is 0.640. The number of halogens is 2. The number of amides is 1. The van der Waals surface area contributed by atoms with Crippen molar-refractivity contribution in [1.82, 2.24) is 0 Å². The Morgan fingerprint density at radius 3 is 2.18 bits per heavy atom. The van der Waals surface area contributed by atoms with Crippen molar-refractivity contribution in [2.75, 3.05) is 12.4 Å². The van der Waals surface area contributed by atoms with E-state index in [2.05, 4.69) is 5.32 Å². The molecule has 1 N–H and O–H groups in total. The summed E-state index contributed by atoms with van der Waals surface area (Å²) in [4.78, 5) is 24.7. The fourth-order valence-corrected chi connectivity index (χ4v) is 2.82. The van der Waals surface area contributed by atoms with Gasteiger partial charge in [0.15, 0.2) is 17.6 Å². The van der Waals surface area contributed by atoms with E-state index in [1.54, 1.807) is 18.2 Å². The second-order valence-corrected chi connectivity index (χ2v) is 7.10. The van der Waals surface area contributed by atoms with Gasteiger partial charge in [0.25, 0.3) is 5.91 Å². The van der Waals surface area contributed by atoms with Crippen LogP contribution in [-0.4, -0.2) is 31.2 Å². The molecule has 6 nitrogen and oxygen atoms in total. The lowest BCUT2D eigenvalue weighted by molar-refractivity contribution is -0.123. The highest BCUT2D eigenvalue weighted by molar-refractivity contribution is 6.35. The maximum absolute atomic E-state index is 12.4. The molecule has 1 unspecified atom stereocenters. The molecule has 0 spiro atoms. The molecular weight excluding hydrogens is 405 g/mol. The lowest BCUT2D eigenvalue weighted by Crippen LogP contribution is -2.30. The average Bonchev–Trinajstić information content (AvgIpc) is 2.60. The summed E-state index contributed by atoms with van der Waals surface area (Å²) >= 11 is 11.8. The van der Waals surface area contributed by atoms with E-state index in [4.69, 9.17) is 37.4 Å². The molecular formula is C20H21Cl2NO5. The number of rotatable bonds is 7. The highest BCUT2D eigenvalue weighted by atomic mass is 35.5. The summed E-state index contributed by atoms with van der Waals surface area (Å²) in [5.74, 6) is -0.272. The zero-order valence-corrected chi connectivity index (χ0v) is 17.4. The molecule has 1 atom stereocenters. The van der Waals surface area contributed by atoms with Crippen LogP contribution >= 0.6 is 23.2 Å². The summed E-state index contributed by atoms with van der Waals surface area (Å²) in [5, 5.41) is 3.36. The molecule has 0 aliphatic rings. The van der Waals surface area contributed by atoms with E-state index in [1.165, 1.54) is 32.2 Å². The molecule has 8 heteroatoms. The van der Waals surface area contributed by atoms with Crippen LogP contribution in [-0.2, 0) is 9.53 Å².